The summed E-state index contributed by atoms with van der Waals surface area (Å²) in [5.41, 5.74) is 9.04. The molecule has 0 unspecified atom stereocenters. The molecule has 0 aliphatic heterocycles. The van der Waals surface area contributed by atoms with Crippen LogP contribution in [0.2, 0.25) is 0 Å². The van der Waals surface area contributed by atoms with Gasteiger partial charge in [-0.05, 0) is 23.8 Å². The lowest BCUT2D eigenvalue weighted by atomic mass is 10.1. The molecule has 10 nitrogen and oxygen atoms in total. The van der Waals surface area contributed by atoms with Crippen LogP contribution >= 0.6 is 0 Å². The van der Waals surface area contributed by atoms with Gasteiger partial charge in [0.2, 0.25) is 0 Å². The van der Waals surface area contributed by atoms with Crippen LogP contribution in [0.15, 0.2) is 55.1 Å². The number of ether oxygens (including phenoxy) is 1. The van der Waals surface area contributed by atoms with Crippen LogP contribution in [0, 0.1) is 0 Å². The van der Waals surface area contributed by atoms with E-state index in [2.05, 4.69) is 30.7 Å². The monoisotopic (exact) mass is 458 g/mol. The molecule has 0 radical (unpaired) electrons. The maximum atomic E-state index is 12.6. The fraction of sp³-hybridized carbons (Fsp3) is 0.208. The number of hydrogen-bond acceptors (Lipinski definition) is 9. The number of Topliss-reactive ketones (excluding diaryl/α,β-unsaturated/α-hetero) is 1. The summed E-state index contributed by atoms with van der Waals surface area (Å²) < 4.78 is 7.33. The van der Waals surface area contributed by atoms with E-state index >= 15 is 0 Å². The number of nitrogens with zero attached hydrogens (tertiary/aromatic N) is 5. The van der Waals surface area contributed by atoms with Crippen LogP contribution in [0.1, 0.15) is 29.3 Å². The zero-order chi connectivity index (χ0) is 24.1. The zero-order valence-corrected chi connectivity index (χ0v) is 19.2. The molecule has 0 saturated heterocycles. The Hall–Kier alpha value is -4.31. The number of ketones is 1. The number of methoxy groups -OCH3 is 1. The lowest BCUT2D eigenvalue weighted by Gasteiger charge is -2.17. The summed E-state index contributed by atoms with van der Waals surface area (Å²) in [5.74, 6) is 2.22. The molecule has 4 N–H and O–H groups in total. The van der Waals surface area contributed by atoms with E-state index in [-0.39, 0.29) is 5.78 Å². The molecule has 0 saturated carbocycles. The van der Waals surface area contributed by atoms with E-state index < -0.39 is 0 Å². The van der Waals surface area contributed by atoms with Crippen molar-refractivity contribution in [2.45, 2.75) is 19.9 Å². The van der Waals surface area contributed by atoms with Gasteiger partial charge in [0.25, 0.3) is 0 Å². The van der Waals surface area contributed by atoms with E-state index in [1.807, 2.05) is 37.3 Å². The first-order valence-electron chi connectivity index (χ1n) is 10.8. The van der Waals surface area contributed by atoms with Gasteiger partial charge < -0.3 is 21.1 Å². The van der Waals surface area contributed by atoms with Gasteiger partial charge in [-0.25, -0.2) is 15.0 Å². The minimum absolute atomic E-state index is 0.0338. The highest BCUT2D eigenvalue weighted by atomic mass is 16.5. The second kappa shape index (κ2) is 10.1. The third kappa shape index (κ3) is 4.86. The second-order valence-corrected chi connectivity index (χ2v) is 7.53. The summed E-state index contributed by atoms with van der Waals surface area (Å²) in [5, 5.41) is 10.9. The lowest BCUT2D eigenvalue weighted by Crippen LogP contribution is -2.07. The van der Waals surface area contributed by atoms with Gasteiger partial charge in [0.15, 0.2) is 17.4 Å². The molecular formula is C24H26N8O2. The molecule has 0 bridgehead atoms. The maximum absolute atomic E-state index is 12.6. The number of hydrogen-bond donors (Lipinski definition) is 3. The smallest absolute Gasteiger partial charge is 0.184 e. The number of aryl methyl sites for hydroxylation is 1. The quantitative estimate of drug-likeness (QED) is 0.320. The average Bonchev–Trinajstić information content (AvgIpc) is 3.30. The highest BCUT2D eigenvalue weighted by molar-refractivity contribution is 6.02. The highest BCUT2D eigenvalue weighted by Gasteiger charge is 2.18. The van der Waals surface area contributed by atoms with E-state index in [0.717, 1.165) is 11.1 Å². The van der Waals surface area contributed by atoms with Crippen molar-refractivity contribution in [2.75, 3.05) is 17.7 Å². The molecule has 3 aromatic heterocycles. The van der Waals surface area contributed by atoms with Crippen LogP contribution in [0.4, 0.5) is 23.0 Å². The summed E-state index contributed by atoms with van der Waals surface area (Å²) in [7, 11) is 3.39. The molecule has 10 heteroatoms. The van der Waals surface area contributed by atoms with E-state index in [0.29, 0.717) is 53.1 Å². The van der Waals surface area contributed by atoms with Crippen LogP contribution in [-0.4, -0.2) is 37.6 Å². The van der Waals surface area contributed by atoms with Gasteiger partial charge in [-0.1, -0.05) is 19.1 Å². The standard InChI is InChI=1S/C24H26N8O2/c1-4-20(33)17-13-27-22(30-21-9-8-15(11-25)12-26-21)10-19(17)29-18-7-5-6-16(23(18)34-3)24-28-14-32(2)31-24/h5-10,12-14H,4,11,25H2,1-3H3,(H2,26,27,29,30). The Morgan fingerprint density at radius 3 is 2.53 bits per heavy atom. The molecule has 0 fully saturated rings. The van der Waals surface area contributed by atoms with Crippen LogP contribution in [0.3, 0.4) is 0 Å². The molecule has 0 aliphatic rings. The predicted molar refractivity (Wildman–Crippen MR) is 131 cm³/mol. The molecule has 0 aliphatic carbocycles. The van der Waals surface area contributed by atoms with Gasteiger partial charge in [-0.3, -0.25) is 9.48 Å². The zero-order valence-electron chi connectivity index (χ0n) is 19.2. The largest absolute Gasteiger partial charge is 0.494 e. The molecule has 34 heavy (non-hydrogen) atoms. The molecular weight excluding hydrogens is 432 g/mol. The van der Waals surface area contributed by atoms with E-state index in [1.54, 1.807) is 43.6 Å². The van der Waals surface area contributed by atoms with E-state index in [4.69, 9.17) is 10.5 Å². The van der Waals surface area contributed by atoms with Crippen molar-refractivity contribution >= 4 is 28.8 Å². The Morgan fingerprint density at radius 2 is 1.88 bits per heavy atom. The fourth-order valence-electron chi connectivity index (χ4n) is 3.43. The topological polar surface area (TPSA) is 133 Å². The molecule has 174 valence electrons. The SMILES string of the molecule is CCC(=O)c1cnc(Nc2ccc(CN)cn2)cc1Nc1cccc(-c2ncn(C)n2)c1OC. The third-order valence-electron chi connectivity index (χ3n) is 5.17. The number of nitrogens with two attached hydrogens (primary N) is 1. The summed E-state index contributed by atoms with van der Waals surface area (Å²) >= 11 is 0. The summed E-state index contributed by atoms with van der Waals surface area (Å²) in [6.07, 6.45) is 5.24. The Morgan fingerprint density at radius 1 is 1.06 bits per heavy atom. The molecule has 4 rings (SSSR count). The normalized spacial score (nSPS) is 10.7. The predicted octanol–water partition coefficient (Wildman–Crippen LogP) is 3.82. The molecule has 1 aromatic carbocycles. The maximum Gasteiger partial charge on any atom is 0.184 e. The van der Waals surface area contributed by atoms with Crippen molar-refractivity contribution in [1.82, 2.24) is 24.7 Å². The van der Waals surface area contributed by atoms with Crippen molar-refractivity contribution in [3.05, 3.63) is 66.2 Å². The first kappa shape index (κ1) is 22.9. The van der Waals surface area contributed by atoms with Gasteiger partial charge in [0.05, 0.1) is 29.6 Å². The third-order valence-corrected chi connectivity index (χ3v) is 5.17. The summed E-state index contributed by atoms with van der Waals surface area (Å²) in [6.45, 7) is 2.23. The first-order chi connectivity index (χ1) is 16.5. The fourth-order valence-corrected chi connectivity index (χ4v) is 3.43. The number of pyridine rings is 2. The van der Waals surface area contributed by atoms with Crippen molar-refractivity contribution in [3.8, 4) is 17.1 Å². The second-order valence-electron chi connectivity index (χ2n) is 7.53. The van der Waals surface area contributed by atoms with Crippen molar-refractivity contribution in [3.63, 3.8) is 0 Å². The Bertz CT molecular complexity index is 1300. The number of rotatable bonds is 9. The number of benzene rings is 1. The molecule has 3 heterocycles. The van der Waals surface area contributed by atoms with Crippen LogP contribution < -0.4 is 21.1 Å². The number of carbonyl (C=O) groups excluding carboxylic acids is 1. The van der Waals surface area contributed by atoms with Gasteiger partial charge >= 0.3 is 0 Å². The van der Waals surface area contributed by atoms with Crippen LogP contribution in [0.25, 0.3) is 11.4 Å². The Kier molecular flexibility index (Phi) is 6.79. The number of aromatic nitrogens is 5. The highest BCUT2D eigenvalue weighted by Crippen LogP contribution is 2.37. The number of carbonyl (C=O) groups is 1. The number of anilines is 4. The van der Waals surface area contributed by atoms with Crippen molar-refractivity contribution in [1.29, 1.82) is 0 Å². The van der Waals surface area contributed by atoms with Gasteiger partial charge in [-0.15, -0.1) is 0 Å². The van der Waals surface area contributed by atoms with E-state index in [1.165, 1.54) is 0 Å². The summed E-state index contributed by atoms with van der Waals surface area (Å²) in [4.78, 5) is 25.7. The molecule has 0 amide bonds. The number of para-hydroxylation sites is 1. The molecule has 4 aromatic rings. The number of nitrogens with one attached hydrogen (secondary N) is 2. The van der Waals surface area contributed by atoms with Gasteiger partial charge in [-0.2, -0.15) is 5.10 Å². The molecule has 0 atom stereocenters. The van der Waals surface area contributed by atoms with Crippen molar-refractivity contribution < 1.29 is 9.53 Å². The Labute approximate surface area is 197 Å². The van der Waals surface area contributed by atoms with Crippen LogP contribution in [-0.2, 0) is 13.6 Å². The Balaban J connectivity index is 1.71. The summed E-state index contributed by atoms with van der Waals surface area (Å²) in [6, 6.07) is 11.1. The minimum atomic E-state index is -0.0338. The van der Waals surface area contributed by atoms with Crippen molar-refractivity contribution in [2.24, 2.45) is 12.8 Å². The van der Waals surface area contributed by atoms with E-state index in [9.17, 15) is 4.79 Å². The average molecular weight is 459 g/mol. The first-order valence-corrected chi connectivity index (χ1v) is 10.8. The minimum Gasteiger partial charge on any atom is -0.494 e. The van der Waals surface area contributed by atoms with Gasteiger partial charge in [0, 0.05) is 38.5 Å². The lowest BCUT2D eigenvalue weighted by molar-refractivity contribution is 0.0988. The van der Waals surface area contributed by atoms with Gasteiger partial charge in [0.1, 0.15) is 18.0 Å². The molecule has 0 spiro atoms. The van der Waals surface area contributed by atoms with Crippen LogP contribution in [0.5, 0.6) is 5.75 Å².